The molecular formula is C18H39OP. The minimum atomic E-state index is -1.98. The standard InChI is InChI=1S/C18H39OP/c1-8-9-10-11-12-20(19,13-17(6)15(2)3)14-18(7)16(4)5/h15-18H,8-14H2,1-7H3. The molecule has 0 amide bonds. The molecule has 0 rings (SSSR count). The fourth-order valence-electron chi connectivity index (χ4n) is 2.56. The van der Waals surface area contributed by atoms with Gasteiger partial charge >= 0.3 is 0 Å². The summed E-state index contributed by atoms with van der Waals surface area (Å²) in [5, 5.41) is 0. The summed E-state index contributed by atoms with van der Waals surface area (Å²) in [7, 11) is -1.98. The second-order valence-electron chi connectivity index (χ2n) is 7.65. The van der Waals surface area contributed by atoms with E-state index in [1.165, 1.54) is 25.7 Å². The summed E-state index contributed by atoms with van der Waals surface area (Å²) in [4.78, 5) is 0. The molecule has 0 radical (unpaired) electrons. The molecule has 0 bridgehead atoms. The number of unbranched alkanes of at least 4 members (excludes halogenated alkanes) is 3. The number of rotatable bonds is 11. The Labute approximate surface area is 128 Å². The summed E-state index contributed by atoms with van der Waals surface area (Å²) in [5.74, 6) is 2.47. The van der Waals surface area contributed by atoms with E-state index < -0.39 is 7.14 Å². The Hall–Kier alpha value is 0.230. The van der Waals surface area contributed by atoms with Gasteiger partial charge in [0.05, 0.1) is 7.14 Å². The fraction of sp³-hybridized carbons (Fsp3) is 1.00. The van der Waals surface area contributed by atoms with Gasteiger partial charge in [-0.05, 0) is 30.1 Å². The summed E-state index contributed by atoms with van der Waals surface area (Å²) in [5.41, 5.74) is 0. The minimum absolute atomic E-state index is 0.589. The van der Waals surface area contributed by atoms with Gasteiger partial charge in [-0.25, -0.2) is 0 Å². The van der Waals surface area contributed by atoms with Crippen LogP contribution < -0.4 is 0 Å². The molecule has 0 spiro atoms. The maximum Gasteiger partial charge on any atom is 0.0883 e. The first-order valence-electron chi connectivity index (χ1n) is 8.79. The molecule has 122 valence electrons. The van der Waals surface area contributed by atoms with Gasteiger partial charge in [0.15, 0.2) is 0 Å². The van der Waals surface area contributed by atoms with Gasteiger partial charge in [0.25, 0.3) is 0 Å². The Morgan fingerprint density at radius 1 is 0.750 bits per heavy atom. The topological polar surface area (TPSA) is 17.1 Å². The zero-order valence-corrected chi connectivity index (χ0v) is 16.0. The molecule has 0 aliphatic carbocycles. The highest BCUT2D eigenvalue weighted by Gasteiger charge is 2.28. The summed E-state index contributed by atoms with van der Waals surface area (Å²) >= 11 is 0. The Bertz CT molecular complexity index is 263. The second-order valence-corrected chi connectivity index (χ2v) is 10.9. The lowest BCUT2D eigenvalue weighted by molar-refractivity contribution is 0.433. The van der Waals surface area contributed by atoms with Crippen molar-refractivity contribution in [3.8, 4) is 0 Å². The van der Waals surface area contributed by atoms with Crippen molar-refractivity contribution in [3.05, 3.63) is 0 Å². The second kappa shape index (κ2) is 10.0. The molecule has 0 N–H and O–H groups in total. The molecule has 0 fully saturated rings. The molecule has 0 aromatic heterocycles. The molecule has 1 nitrogen and oxygen atoms in total. The maximum atomic E-state index is 13.4. The fourth-order valence-corrected chi connectivity index (χ4v) is 6.81. The van der Waals surface area contributed by atoms with Crippen LogP contribution in [0.15, 0.2) is 0 Å². The first-order valence-corrected chi connectivity index (χ1v) is 11.0. The van der Waals surface area contributed by atoms with E-state index in [4.69, 9.17) is 0 Å². The van der Waals surface area contributed by atoms with Gasteiger partial charge in [-0.15, -0.1) is 0 Å². The smallest absolute Gasteiger partial charge is 0.0883 e. The number of hydrogen-bond donors (Lipinski definition) is 0. The highest BCUT2D eigenvalue weighted by Crippen LogP contribution is 2.51. The van der Waals surface area contributed by atoms with Crippen molar-refractivity contribution >= 4 is 7.14 Å². The van der Waals surface area contributed by atoms with E-state index in [-0.39, 0.29) is 0 Å². The molecule has 0 aliphatic heterocycles. The van der Waals surface area contributed by atoms with Crippen LogP contribution in [0.2, 0.25) is 0 Å². The van der Waals surface area contributed by atoms with Crippen LogP contribution in [-0.2, 0) is 4.57 Å². The van der Waals surface area contributed by atoms with Crippen molar-refractivity contribution in [2.75, 3.05) is 18.5 Å². The van der Waals surface area contributed by atoms with Gasteiger partial charge in [-0.1, -0.05) is 67.7 Å². The third kappa shape index (κ3) is 8.50. The Kier molecular flexibility index (Phi) is 10.2. The lowest BCUT2D eigenvalue weighted by atomic mass is 10.0. The van der Waals surface area contributed by atoms with Crippen LogP contribution in [0.4, 0.5) is 0 Å². The normalized spacial score (nSPS) is 18.2. The third-order valence-corrected chi connectivity index (χ3v) is 8.55. The van der Waals surface area contributed by atoms with E-state index in [9.17, 15) is 4.57 Å². The summed E-state index contributed by atoms with van der Waals surface area (Å²) in [6.07, 6.45) is 7.89. The van der Waals surface area contributed by atoms with Gasteiger partial charge < -0.3 is 4.57 Å². The number of hydrogen-bond acceptors (Lipinski definition) is 1. The zero-order chi connectivity index (χ0) is 15.8. The van der Waals surface area contributed by atoms with Crippen molar-refractivity contribution in [2.45, 2.75) is 74.1 Å². The predicted octanol–water partition coefficient (Wildman–Crippen LogP) is 6.51. The van der Waals surface area contributed by atoms with Crippen LogP contribution in [-0.4, -0.2) is 18.5 Å². The quantitative estimate of drug-likeness (QED) is 0.314. The van der Waals surface area contributed by atoms with Crippen molar-refractivity contribution in [2.24, 2.45) is 23.7 Å². The Balaban J connectivity index is 4.62. The summed E-state index contributed by atoms with van der Waals surface area (Å²) in [6, 6.07) is 0. The summed E-state index contributed by atoms with van der Waals surface area (Å²) in [6.45, 7) is 15.8. The molecule has 0 saturated carbocycles. The lowest BCUT2D eigenvalue weighted by Gasteiger charge is -2.28. The van der Waals surface area contributed by atoms with E-state index in [0.29, 0.717) is 23.7 Å². The molecule has 0 saturated heterocycles. The minimum Gasteiger partial charge on any atom is -0.324 e. The molecule has 2 heteroatoms. The van der Waals surface area contributed by atoms with Crippen molar-refractivity contribution in [3.63, 3.8) is 0 Å². The molecule has 0 heterocycles. The van der Waals surface area contributed by atoms with Crippen LogP contribution in [0.25, 0.3) is 0 Å². The predicted molar refractivity (Wildman–Crippen MR) is 94.4 cm³/mol. The first-order chi connectivity index (χ1) is 9.22. The van der Waals surface area contributed by atoms with Crippen molar-refractivity contribution in [1.29, 1.82) is 0 Å². The van der Waals surface area contributed by atoms with E-state index in [1.54, 1.807) is 0 Å². The zero-order valence-electron chi connectivity index (χ0n) is 15.1. The third-order valence-electron chi connectivity index (χ3n) is 4.94. The Morgan fingerprint density at radius 2 is 1.20 bits per heavy atom. The lowest BCUT2D eigenvalue weighted by Crippen LogP contribution is -2.18. The summed E-state index contributed by atoms with van der Waals surface area (Å²) < 4.78 is 13.4. The van der Waals surface area contributed by atoms with E-state index >= 15 is 0 Å². The maximum absolute atomic E-state index is 13.4. The molecule has 2 unspecified atom stereocenters. The van der Waals surface area contributed by atoms with Gasteiger partial charge in [-0.2, -0.15) is 0 Å². The van der Waals surface area contributed by atoms with E-state index in [2.05, 4.69) is 48.5 Å². The molecule has 2 atom stereocenters. The SMILES string of the molecule is CCCCCCP(=O)(CC(C)C(C)C)CC(C)C(C)C. The van der Waals surface area contributed by atoms with Gasteiger partial charge in [0.1, 0.15) is 0 Å². The van der Waals surface area contributed by atoms with Crippen molar-refractivity contribution in [1.82, 2.24) is 0 Å². The monoisotopic (exact) mass is 302 g/mol. The average molecular weight is 302 g/mol. The van der Waals surface area contributed by atoms with Crippen LogP contribution in [0.3, 0.4) is 0 Å². The van der Waals surface area contributed by atoms with Crippen LogP contribution in [0, 0.1) is 23.7 Å². The van der Waals surface area contributed by atoms with Gasteiger partial charge in [0.2, 0.25) is 0 Å². The molecule has 20 heavy (non-hydrogen) atoms. The molecule has 0 aliphatic rings. The van der Waals surface area contributed by atoms with Gasteiger partial charge in [0, 0.05) is 18.5 Å². The largest absolute Gasteiger partial charge is 0.324 e. The highest BCUT2D eigenvalue weighted by molar-refractivity contribution is 7.63. The van der Waals surface area contributed by atoms with Crippen LogP contribution in [0.1, 0.15) is 74.1 Å². The van der Waals surface area contributed by atoms with Crippen LogP contribution >= 0.6 is 7.14 Å². The van der Waals surface area contributed by atoms with E-state index in [1.807, 2.05) is 0 Å². The first kappa shape index (κ1) is 20.2. The van der Waals surface area contributed by atoms with Crippen LogP contribution in [0.5, 0.6) is 0 Å². The Morgan fingerprint density at radius 3 is 1.55 bits per heavy atom. The molecule has 0 aromatic rings. The van der Waals surface area contributed by atoms with E-state index in [0.717, 1.165) is 18.5 Å². The van der Waals surface area contributed by atoms with Gasteiger partial charge in [-0.3, -0.25) is 0 Å². The van der Waals surface area contributed by atoms with Crippen molar-refractivity contribution < 1.29 is 4.57 Å². The molecule has 0 aromatic carbocycles. The highest BCUT2D eigenvalue weighted by atomic mass is 31.2. The average Bonchev–Trinajstić information content (AvgIpc) is 2.34. The molecular weight excluding hydrogens is 263 g/mol.